The molecule has 0 N–H and O–H groups in total. The van der Waals surface area contributed by atoms with Crippen molar-refractivity contribution in [3.8, 4) is 17.2 Å². The largest absolute Gasteiger partial charge is 0.497 e. The molecule has 0 aromatic heterocycles. The minimum absolute atomic E-state index is 0.194. The van der Waals surface area contributed by atoms with Gasteiger partial charge in [0.2, 0.25) is 5.90 Å². The van der Waals surface area contributed by atoms with E-state index < -0.39 is 5.97 Å². The molecule has 3 rings (SSSR count). The second kappa shape index (κ2) is 7.31. The predicted octanol–water partition coefficient (Wildman–Crippen LogP) is 3.37. The smallest absolute Gasteiger partial charge is 0.363 e. The molecule has 0 atom stereocenters. The molecule has 1 aliphatic heterocycles. The van der Waals surface area contributed by atoms with Gasteiger partial charge in [0.05, 0.1) is 21.3 Å². The van der Waals surface area contributed by atoms with Crippen LogP contribution in [-0.2, 0) is 9.53 Å². The van der Waals surface area contributed by atoms with Gasteiger partial charge in [-0.05, 0) is 55.0 Å². The van der Waals surface area contributed by atoms with Crippen LogP contribution < -0.4 is 14.2 Å². The first kappa shape index (κ1) is 17.5. The van der Waals surface area contributed by atoms with Crippen LogP contribution in [0.2, 0.25) is 0 Å². The number of esters is 1. The van der Waals surface area contributed by atoms with Gasteiger partial charge in [0.25, 0.3) is 0 Å². The Balaban J connectivity index is 1.98. The number of hydrogen-bond donors (Lipinski definition) is 0. The molecule has 0 aliphatic carbocycles. The monoisotopic (exact) mass is 353 g/mol. The van der Waals surface area contributed by atoms with Gasteiger partial charge in [-0.15, -0.1) is 0 Å². The Morgan fingerprint density at radius 1 is 0.962 bits per heavy atom. The number of nitrogens with zero attached hydrogens (tertiary/aromatic N) is 1. The van der Waals surface area contributed by atoms with Gasteiger partial charge < -0.3 is 18.9 Å². The van der Waals surface area contributed by atoms with Crippen molar-refractivity contribution in [1.82, 2.24) is 0 Å². The van der Waals surface area contributed by atoms with Crippen molar-refractivity contribution < 1.29 is 23.7 Å². The first-order chi connectivity index (χ1) is 12.5. The van der Waals surface area contributed by atoms with Gasteiger partial charge in [-0.2, -0.15) is 0 Å². The Morgan fingerprint density at radius 2 is 1.65 bits per heavy atom. The molecule has 134 valence electrons. The van der Waals surface area contributed by atoms with Crippen molar-refractivity contribution in [1.29, 1.82) is 0 Å². The highest BCUT2D eigenvalue weighted by molar-refractivity contribution is 6.13. The summed E-state index contributed by atoms with van der Waals surface area (Å²) in [4.78, 5) is 16.5. The summed E-state index contributed by atoms with van der Waals surface area (Å²) in [6.07, 6.45) is 1.62. The van der Waals surface area contributed by atoms with Crippen LogP contribution in [-0.4, -0.2) is 33.2 Å². The summed E-state index contributed by atoms with van der Waals surface area (Å²) in [6.45, 7) is 1.92. The molecule has 0 fully saturated rings. The third-order valence-corrected chi connectivity index (χ3v) is 4.00. The lowest BCUT2D eigenvalue weighted by atomic mass is 10.1. The third-order valence-electron chi connectivity index (χ3n) is 4.00. The van der Waals surface area contributed by atoms with Crippen molar-refractivity contribution in [2.75, 3.05) is 21.3 Å². The van der Waals surface area contributed by atoms with Gasteiger partial charge in [0.1, 0.15) is 17.2 Å². The van der Waals surface area contributed by atoms with Gasteiger partial charge in [0, 0.05) is 11.1 Å². The zero-order valence-corrected chi connectivity index (χ0v) is 15.0. The van der Waals surface area contributed by atoms with E-state index in [1.165, 1.54) is 0 Å². The molecule has 2 aromatic carbocycles. The molecule has 0 radical (unpaired) electrons. The van der Waals surface area contributed by atoms with E-state index in [0.29, 0.717) is 28.4 Å². The molecular weight excluding hydrogens is 334 g/mol. The molecule has 1 aliphatic rings. The highest BCUT2D eigenvalue weighted by Gasteiger charge is 2.24. The Kier molecular flexibility index (Phi) is 4.93. The number of aryl methyl sites for hydroxylation is 1. The normalized spacial score (nSPS) is 14.8. The predicted molar refractivity (Wildman–Crippen MR) is 97.9 cm³/mol. The SMILES string of the molecule is COc1ccc(C2=N/C(=C/c3cc(OC)c(C)cc3OC)C(=O)O2)cc1. The van der Waals surface area contributed by atoms with Gasteiger partial charge in [-0.1, -0.05) is 0 Å². The van der Waals surface area contributed by atoms with E-state index in [-0.39, 0.29) is 11.6 Å². The lowest BCUT2D eigenvalue weighted by Gasteiger charge is -2.10. The van der Waals surface area contributed by atoms with Crippen LogP contribution in [0.25, 0.3) is 6.08 Å². The zero-order valence-electron chi connectivity index (χ0n) is 15.0. The second-order valence-electron chi connectivity index (χ2n) is 5.63. The highest BCUT2D eigenvalue weighted by atomic mass is 16.6. The Bertz CT molecular complexity index is 897. The van der Waals surface area contributed by atoms with Crippen LogP contribution >= 0.6 is 0 Å². The number of aliphatic imine (C=N–C) groups is 1. The summed E-state index contributed by atoms with van der Waals surface area (Å²) in [5.41, 5.74) is 2.50. The van der Waals surface area contributed by atoms with Gasteiger partial charge >= 0.3 is 5.97 Å². The van der Waals surface area contributed by atoms with Crippen molar-refractivity contribution in [3.05, 3.63) is 58.8 Å². The van der Waals surface area contributed by atoms with E-state index >= 15 is 0 Å². The summed E-state index contributed by atoms with van der Waals surface area (Å²) in [6, 6.07) is 10.8. The number of methoxy groups -OCH3 is 3. The fourth-order valence-electron chi connectivity index (χ4n) is 2.60. The van der Waals surface area contributed by atoms with Crippen LogP contribution in [0.4, 0.5) is 0 Å². The third kappa shape index (κ3) is 3.39. The second-order valence-corrected chi connectivity index (χ2v) is 5.63. The Labute approximate surface area is 151 Å². The lowest BCUT2D eigenvalue weighted by Crippen LogP contribution is -2.05. The summed E-state index contributed by atoms with van der Waals surface area (Å²) in [5, 5.41) is 0. The molecular formula is C20H19NO5. The maximum atomic E-state index is 12.2. The Hall–Kier alpha value is -3.28. The van der Waals surface area contributed by atoms with Crippen molar-refractivity contribution in [2.24, 2.45) is 4.99 Å². The van der Waals surface area contributed by atoms with Gasteiger partial charge in [0.15, 0.2) is 5.70 Å². The quantitative estimate of drug-likeness (QED) is 0.609. The van der Waals surface area contributed by atoms with Crippen molar-refractivity contribution in [2.45, 2.75) is 6.92 Å². The topological polar surface area (TPSA) is 66.3 Å². The van der Waals surface area contributed by atoms with E-state index in [1.54, 1.807) is 57.7 Å². The van der Waals surface area contributed by atoms with Gasteiger partial charge in [-0.3, -0.25) is 0 Å². The Morgan fingerprint density at radius 3 is 2.27 bits per heavy atom. The molecule has 2 aromatic rings. The molecule has 26 heavy (non-hydrogen) atoms. The maximum absolute atomic E-state index is 12.2. The summed E-state index contributed by atoms with van der Waals surface area (Å²) in [5.74, 6) is 1.77. The minimum Gasteiger partial charge on any atom is -0.497 e. The molecule has 0 saturated heterocycles. The number of hydrogen-bond acceptors (Lipinski definition) is 6. The average Bonchev–Trinajstić information content (AvgIpc) is 3.03. The highest BCUT2D eigenvalue weighted by Crippen LogP contribution is 2.31. The maximum Gasteiger partial charge on any atom is 0.363 e. The van der Waals surface area contributed by atoms with Crippen LogP contribution in [0.3, 0.4) is 0 Å². The summed E-state index contributed by atoms with van der Waals surface area (Å²) >= 11 is 0. The standard InChI is InChI=1S/C20H19NO5/c1-12-9-18(25-4)14(11-17(12)24-3)10-16-20(22)26-19(21-16)13-5-7-15(23-2)8-6-13/h5-11H,1-4H3/b16-10+. The lowest BCUT2D eigenvalue weighted by molar-refractivity contribution is -0.129. The van der Waals surface area contributed by atoms with E-state index in [2.05, 4.69) is 4.99 Å². The molecule has 1 heterocycles. The van der Waals surface area contributed by atoms with E-state index in [4.69, 9.17) is 18.9 Å². The number of carbonyl (C=O) groups excluding carboxylic acids is 1. The van der Waals surface area contributed by atoms with Crippen molar-refractivity contribution >= 4 is 17.9 Å². The molecule has 6 nitrogen and oxygen atoms in total. The molecule has 0 amide bonds. The molecule has 0 saturated carbocycles. The van der Waals surface area contributed by atoms with Gasteiger partial charge in [-0.25, -0.2) is 9.79 Å². The first-order valence-corrected chi connectivity index (χ1v) is 7.95. The van der Waals surface area contributed by atoms with Crippen LogP contribution in [0, 0.1) is 6.92 Å². The van der Waals surface area contributed by atoms with Crippen LogP contribution in [0.15, 0.2) is 47.1 Å². The number of carbonyl (C=O) groups is 1. The molecule has 0 bridgehead atoms. The van der Waals surface area contributed by atoms with E-state index in [1.807, 2.05) is 13.0 Å². The zero-order chi connectivity index (χ0) is 18.7. The van der Waals surface area contributed by atoms with Crippen LogP contribution in [0.5, 0.6) is 17.2 Å². The van der Waals surface area contributed by atoms with E-state index in [0.717, 1.165) is 5.56 Å². The molecule has 0 unspecified atom stereocenters. The molecule has 6 heteroatoms. The fourth-order valence-corrected chi connectivity index (χ4v) is 2.60. The number of cyclic esters (lactones) is 1. The minimum atomic E-state index is -0.516. The van der Waals surface area contributed by atoms with Crippen molar-refractivity contribution in [3.63, 3.8) is 0 Å². The number of ether oxygens (including phenoxy) is 4. The van der Waals surface area contributed by atoms with E-state index in [9.17, 15) is 4.79 Å². The average molecular weight is 353 g/mol. The summed E-state index contributed by atoms with van der Waals surface area (Å²) in [7, 11) is 4.75. The first-order valence-electron chi connectivity index (χ1n) is 7.95. The number of benzene rings is 2. The van der Waals surface area contributed by atoms with Crippen LogP contribution in [0.1, 0.15) is 16.7 Å². The summed E-state index contributed by atoms with van der Waals surface area (Å²) < 4.78 is 21.1. The number of rotatable bonds is 5. The fraction of sp³-hybridized carbons (Fsp3) is 0.200. The molecule has 0 spiro atoms.